The molecule has 0 saturated heterocycles. The van der Waals surface area contributed by atoms with Crippen LogP contribution in [0.1, 0.15) is 88.0 Å². The number of hydrogen-bond acceptors (Lipinski definition) is 1. The van der Waals surface area contributed by atoms with Crippen molar-refractivity contribution in [2.45, 2.75) is 88.0 Å². The molecule has 0 unspecified atom stereocenters. The Bertz CT molecular complexity index is 351. The maximum Gasteiger partial charge on any atom is 0.225 e. The highest BCUT2D eigenvalue weighted by atomic mass is 16.2. The van der Waals surface area contributed by atoms with E-state index in [2.05, 4.69) is 67.6 Å². The Hall–Kier alpha value is -0.530. The Balaban J connectivity index is 5.11. The van der Waals surface area contributed by atoms with E-state index >= 15 is 0 Å². The first kappa shape index (κ1) is 20.5. The van der Waals surface area contributed by atoms with E-state index in [4.69, 9.17) is 0 Å². The second-order valence-corrected chi connectivity index (χ2v) is 9.52. The van der Waals surface area contributed by atoms with Gasteiger partial charge in [-0.15, -0.1) is 0 Å². The second kappa shape index (κ2) is 6.71. The van der Waals surface area contributed by atoms with E-state index in [0.29, 0.717) is 5.41 Å². The highest BCUT2D eigenvalue weighted by Crippen LogP contribution is 2.50. The van der Waals surface area contributed by atoms with Crippen LogP contribution in [-0.4, -0.2) is 13.0 Å². The van der Waals surface area contributed by atoms with E-state index in [0.717, 1.165) is 6.42 Å². The number of carbonyl (C=O) groups excluding carboxylic acids is 1. The third-order valence-electron chi connectivity index (χ3n) is 5.29. The molecular weight excluding hydrogens is 258 g/mol. The van der Waals surface area contributed by atoms with Crippen LogP contribution in [-0.2, 0) is 4.79 Å². The van der Waals surface area contributed by atoms with Crippen molar-refractivity contribution in [1.82, 2.24) is 5.32 Å². The summed E-state index contributed by atoms with van der Waals surface area (Å²) < 4.78 is 0. The molecule has 0 radical (unpaired) electrons. The summed E-state index contributed by atoms with van der Waals surface area (Å²) in [5, 5.41) is 2.83. The quantitative estimate of drug-likeness (QED) is 0.637. The van der Waals surface area contributed by atoms with Gasteiger partial charge in [0.2, 0.25) is 5.91 Å². The van der Waals surface area contributed by atoms with Crippen LogP contribution < -0.4 is 5.32 Å². The maximum absolute atomic E-state index is 12.2. The Labute approximate surface area is 133 Å². The zero-order chi connectivity index (χ0) is 17.1. The van der Waals surface area contributed by atoms with E-state index in [9.17, 15) is 4.79 Å². The van der Waals surface area contributed by atoms with Crippen molar-refractivity contribution in [3.8, 4) is 0 Å². The van der Waals surface area contributed by atoms with Gasteiger partial charge in [0, 0.05) is 12.5 Å². The summed E-state index contributed by atoms with van der Waals surface area (Å²) >= 11 is 0. The summed E-state index contributed by atoms with van der Waals surface area (Å²) in [6, 6.07) is 0. The molecular formula is C19H39NO. The van der Waals surface area contributed by atoms with Crippen LogP contribution in [0.25, 0.3) is 0 Å². The first-order valence-electron chi connectivity index (χ1n) is 8.43. The number of rotatable bonds is 8. The smallest absolute Gasteiger partial charge is 0.225 e. The lowest BCUT2D eigenvalue weighted by molar-refractivity contribution is -0.136. The maximum atomic E-state index is 12.2. The molecule has 0 spiro atoms. The van der Waals surface area contributed by atoms with Gasteiger partial charge in [-0.1, -0.05) is 68.7 Å². The Kier molecular flexibility index (Phi) is 6.54. The van der Waals surface area contributed by atoms with Crippen molar-refractivity contribution in [2.24, 2.45) is 21.7 Å². The predicted octanol–water partition coefficient (Wildman–Crippen LogP) is 5.42. The number of carbonyl (C=O) groups is 1. The monoisotopic (exact) mass is 297 g/mol. The van der Waals surface area contributed by atoms with E-state index in [-0.39, 0.29) is 22.2 Å². The van der Waals surface area contributed by atoms with Crippen LogP contribution >= 0.6 is 0 Å². The highest BCUT2D eigenvalue weighted by Gasteiger charge is 2.46. The summed E-state index contributed by atoms with van der Waals surface area (Å²) in [5.74, 6) is 0.135. The van der Waals surface area contributed by atoms with E-state index in [1.165, 1.54) is 19.3 Å². The zero-order valence-corrected chi connectivity index (χ0v) is 16.2. The number of nitrogens with one attached hydrogen (secondary N) is 1. The van der Waals surface area contributed by atoms with Gasteiger partial charge in [-0.05, 0) is 35.5 Å². The summed E-state index contributed by atoms with van der Waals surface area (Å²) in [6.07, 6.45) is 4.74. The molecule has 0 saturated carbocycles. The van der Waals surface area contributed by atoms with Crippen LogP contribution in [0.3, 0.4) is 0 Å². The molecule has 0 aromatic rings. The average Bonchev–Trinajstić information content (AvgIpc) is 2.23. The highest BCUT2D eigenvalue weighted by molar-refractivity contribution is 5.82. The van der Waals surface area contributed by atoms with Crippen molar-refractivity contribution in [3.63, 3.8) is 0 Å². The minimum atomic E-state index is -0.367. The van der Waals surface area contributed by atoms with Crippen LogP contribution in [0.4, 0.5) is 0 Å². The van der Waals surface area contributed by atoms with Crippen LogP contribution in [0, 0.1) is 21.7 Å². The molecule has 0 heterocycles. The van der Waals surface area contributed by atoms with Crippen LogP contribution in [0.2, 0.25) is 0 Å². The average molecular weight is 298 g/mol. The predicted molar refractivity (Wildman–Crippen MR) is 93.3 cm³/mol. The summed E-state index contributed by atoms with van der Waals surface area (Å²) in [6.45, 7) is 20.3. The number of hydrogen-bond donors (Lipinski definition) is 1. The van der Waals surface area contributed by atoms with Gasteiger partial charge < -0.3 is 5.32 Å². The van der Waals surface area contributed by atoms with Crippen molar-refractivity contribution < 1.29 is 4.79 Å². The largest absolute Gasteiger partial charge is 0.359 e. The van der Waals surface area contributed by atoms with Gasteiger partial charge in [-0.25, -0.2) is 0 Å². The molecule has 0 fully saturated rings. The Morgan fingerprint density at radius 1 is 0.857 bits per heavy atom. The SMILES string of the molecule is CCCC(C)(C)CC(C)(C)CC(C)(C)C(C)(C)C(=O)NC. The molecule has 1 N–H and O–H groups in total. The molecule has 0 atom stereocenters. The standard InChI is InChI=1S/C19H39NO/c1-11-12-16(2,3)13-17(4,5)14-18(6,7)19(8,9)15(21)20-10/h11-14H2,1-10H3,(H,20,21). The number of amides is 1. The van der Waals surface area contributed by atoms with Crippen molar-refractivity contribution in [1.29, 1.82) is 0 Å². The third-order valence-corrected chi connectivity index (χ3v) is 5.29. The molecule has 2 heteroatoms. The molecule has 126 valence electrons. The van der Waals surface area contributed by atoms with E-state index in [1.54, 1.807) is 7.05 Å². The molecule has 2 nitrogen and oxygen atoms in total. The second-order valence-electron chi connectivity index (χ2n) is 9.52. The summed E-state index contributed by atoms with van der Waals surface area (Å²) in [5.41, 5.74) is 0.186. The topological polar surface area (TPSA) is 29.1 Å². The fraction of sp³-hybridized carbons (Fsp3) is 0.947. The van der Waals surface area contributed by atoms with E-state index in [1.807, 2.05) is 0 Å². The third kappa shape index (κ3) is 5.64. The molecule has 0 aromatic heterocycles. The summed E-state index contributed by atoms with van der Waals surface area (Å²) in [7, 11) is 1.73. The first-order chi connectivity index (χ1) is 9.21. The van der Waals surface area contributed by atoms with Gasteiger partial charge in [0.05, 0.1) is 0 Å². The van der Waals surface area contributed by atoms with E-state index < -0.39 is 0 Å². The Morgan fingerprint density at radius 3 is 1.71 bits per heavy atom. The lowest BCUT2D eigenvalue weighted by atomic mass is 9.58. The normalized spacial score (nSPS) is 14.2. The minimum absolute atomic E-state index is 0.0428. The molecule has 0 rings (SSSR count). The Morgan fingerprint density at radius 2 is 1.33 bits per heavy atom. The molecule has 0 aliphatic rings. The van der Waals surface area contributed by atoms with Crippen LogP contribution in [0.5, 0.6) is 0 Å². The fourth-order valence-corrected chi connectivity index (χ4v) is 4.16. The van der Waals surface area contributed by atoms with Gasteiger partial charge in [0.15, 0.2) is 0 Å². The van der Waals surface area contributed by atoms with Gasteiger partial charge in [-0.2, -0.15) is 0 Å². The molecule has 0 bridgehead atoms. The lowest BCUT2D eigenvalue weighted by Gasteiger charge is -2.46. The lowest BCUT2D eigenvalue weighted by Crippen LogP contribution is -2.47. The van der Waals surface area contributed by atoms with Crippen molar-refractivity contribution in [3.05, 3.63) is 0 Å². The first-order valence-corrected chi connectivity index (χ1v) is 8.43. The van der Waals surface area contributed by atoms with Gasteiger partial charge in [0.1, 0.15) is 0 Å². The van der Waals surface area contributed by atoms with Gasteiger partial charge in [0.25, 0.3) is 0 Å². The molecule has 1 amide bonds. The fourth-order valence-electron chi connectivity index (χ4n) is 4.16. The molecule has 0 aliphatic carbocycles. The summed E-state index contributed by atoms with van der Waals surface area (Å²) in [4.78, 5) is 12.2. The zero-order valence-electron chi connectivity index (χ0n) is 16.2. The van der Waals surface area contributed by atoms with Gasteiger partial charge in [-0.3, -0.25) is 4.79 Å². The van der Waals surface area contributed by atoms with Crippen molar-refractivity contribution >= 4 is 5.91 Å². The molecule has 0 aromatic carbocycles. The minimum Gasteiger partial charge on any atom is -0.359 e. The van der Waals surface area contributed by atoms with Crippen LogP contribution in [0.15, 0.2) is 0 Å². The molecule has 21 heavy (non-hydrogen) atoms. The van der Waals surface area contributed by atoms with Gasteiger partial charge >= 0.3 is 0 Å². The van der Waals surface area contributed by atoms with Crippen molar-refractivity contribution in [2.75, 3.05) is 7.05 Å². The molecule has 0 aliphatic heterocycles.